The second-order valence-corrected chi connectivity index (χ2v) is 16.6. The molecule has 0 aliphatic heterocycles. The van der Waals surface area contributed by atoms with Gasteiger partial charge >= 0.3 is 11.9 Å². The number of carboxylic acid groups (broad SMARTS) is 2. The van der Waals surface area contributed by atoms with E-state index in [9.17, 15) is 38.7 Å². The standard InChI is InChI=1S/C22H40O6.C17H32N2O6.C11H22O2/c1-3-5-6-7-8-9-11-21(24)18-19(22(25)26)13-14-20(23)12-10-15-28-17-16-27-4-2;1-3-15(16(22)12-20)6-4-5-7-19-17(23)13-25-11-10-24-9-8-18-14(2)21;1-2-3-4-5-6-7-8-9-10-11(12)13/h19H,3-18H2,1-2H3,(H,25,26);15,20H,3-13H2,1-2H3,(H,18,21)(H,19,23);2-10H2,1H3,(H,12,13)/t19-;15-;/m10./s1. The van der Waals surface area contributed by atoms with E-state index in [1.54, 1.807) is 0 Å². The van der Waals surface area contributed by atoms with Crippen molar-refractivity contribution in [2.24, 2.45) is 11.8 Å². The van der Waals surface area contributed by atoms with Crippen LogP contribution < -0.4 is 10.6 Å². The van der Waals surface area contributed by atoms with Gasteiger partial charge in [-0.1, -0.05) is 104 Å². The third kappa shape index (κ3) is 53.3. The summed E-state index contributed by atoms with van der Waals surface area (Å²) in [5.74, 6) is -2.85. The molecule has 2 atom stereocenters. The molecule has 0 radical (unpaired) electrons. The molecule has 0 heterocycles. The van der Waals surface area contributed by atoms with Crippen molar-refractivity contribution in [2.75, 3.05) is 72.6 Å². The Bertz CT molecular complexity index is 1200. The number of carbonyl (C=O) groups excluding carboxylic acids is 5. The monoisotopic (exact) mass is 947 g/mol. The molecule has 0 aliphatic rings. The number of aliphatic hydroxyl groups is 1. The second-order valence-electron chi connectivity index (χ2n) is 16.6. The molecule has 2 amide bonds. The molecule has 0 aromatic rings. The molecule has 16 heteroatoms. The number of rotatable bonds is 46. The van der Waals surface area contributed by atoms with Crippen molar-refractivity contribution in [3.8, 4) is 0 Å². The van der Waals surface area contributed by atoms with Crippen molar-refractivity contribution in [1.82, 2.24) is 10.6 Å². The Labute approximate surface area is 398 Å². The normalized spacial score (nSPS) is 11.6. The van der Waals surface area contributed by atoms with E-state index < -0.39 is 24.5 Å². The van der Waals surface area contributed by atoms with E-state index in [0.717, 1.165) is 57.8 Å². The van der Waals surface area contributed by atoms with Gasteiger partial charge in [-0.3, -0.25) is 33.6 Å². The maximum atomic E-state index is 12.0. The van der Waals surface area contributed by atoms with Gasteiger partial charge in [-0.05, 0) is 51.9 Å². The Morgan fingerprint density at radius 2 is 1.05 bits per heavy atom. The van der Waals surface area contributed by atoms with E-state index in [1.807, 2.05) is 13.8 Å². The molecule has 0 aromatic carbocycles. The number of unbranched alkanes of at least 4 members (excludes halogenated alkanes) is 13. The molecule has 0 saturated carbocycles. The summed E-state index contributed by atoms with van der Waals surface area (Å²) in [6, 6.07) is 0. The van der Waals surface area contributed by atoms with Crippen LogP contribution in [0.4, 0.5) is 0 Å². The van der Waals surface area contributed by atoms with Gasteiger partial charge in [-0.25, -0.2) is 0 Å². The Morgan fingerprint density at radius 1 is 0.500 bits per heavy atom. The fraction of sp³-hybridized carbons (Fsp3) is 0.860. The molecule has 66 heavy (non-hydrogen) atoms. The van der Waals surface area contributed by atoms with Gasteiger partial charge in [0.1, 0.15) is 24.8 Å². The van der Waals surface area contributed by atoms with Crippen LogP contribution in [0.25, 0.3) is 0 Å². The van der Waals surface area contributed by atoms with Gasteiger partial charge in [0.05, 0.1) is 39.0 Å². The molecular formula is C50H94N2O14. The third-order valence-electron chi connectivity index (χ3n) is 10.6. The molecule has 16 nitrogen and oxygen atoms in total. The molecule has 388 valence electrons. The number of ether oxygens (including phenoxy) is 4. The third-order valence-corrected chi connectivity index (χ3v) is 10.6. The largest absolute Gasteiger partial charge is 0.481 e. The Balaban J connectivity index is -0.000000959. The minimum atomic E-state index is -0.983. The molecule has 0 aromatic heterocycles. The summed E-state index contributed by atoms with van der Waals surface area (Å²) in [4.78, 5) is 79.1. The first kappa shape index (κ1) is 67.0. The number of Topliss-reactive ketones (excluding diaryl/α,β-unsaturated/α-hetero) is 3. The van der Waals surface area contributed by atoms with Crippen LogP contribution in [0.2, 0.25) is 0 Å². The highest BCUT2D eigenvalue weighted by Gasteiger charge is 2.22. The van der Waals surface area contributed by atoms with Crippen molar-refractivity contribution in [3.05, 3.63) is 0 Å². The Hall–Kier alpha value is -3.31. The SMILES string of the molecule is CCCCCCCCC(=O)C[C@@H](CCC(=O)CCCOCCOCC)C(=O)O.CCCCCCCCCCC(=O)O.CC[C@@H](CCCCNC(=O)COCCOCCNC(C)=O)C(=O)CO. The van der Waals surface area contributed by atoms with E-state index in [2.05, 4.69) is 24.5 Å². The van der Waals surface area contributed by atoms with Gasteiger partial charge < -0.3 is 44.9 Å². The lowest BCUT2D eigenvalue weighted by molar-refractivity contribution is -0.144. The number of hydrogen-bond acceptors (Lipinski definition) is 12. The topological polar surface area (TPSA) is 241 Å². The van der Waals surface area contributed by atoms with Crippen molar-refractivity contribution >= 4 is 41.1 Å². The number of hydrogen-bond donors (Lipinski definition) is 5. The highest BCUT2D eigenvalue weighted by atomic mass is 16.5. The molecule has 0 fully saturated rings. The molecule has 0 unspecified atom stereocenters. The van der Waals surface area contributed by atoms with E-state index in [4.69, 9.17) is 29.2 Å². The zero-order chi connectivity index (χ0) is 49.9. The summed E-state index contributed by atoms with van der Waals surface area (Å²) < 4.78 is 20.9. The second kappa shape index (κ2) is 52.7. The minimum absolute atomic E-state index is 0.00182. The zero-order valence-electron chi connectivity index (χ0n) is 41.9. The van der Waals surface area contributed by atoms with E-state index in [-0.39, 0.29) is 61.0 Å². The van der Waals surface area contributed by atoms with Crippen LogP contribution in [-0.2, 0) is 52.5 Å². The average Bonchev–Trinajstić information content (AvgIpc) is 3.28. The van der Waals surface area contributed by atoms with Crippen LogP contribution >= 0.6 is 0 Å². The molecule has 0 saturated heterocycles. The summed E-state index contributed by atoms with van der Waals surface area (Å²) in [6.45, 7) is 13.6. The van der Waals surface area contributed by atoms with Gasteiger partial charge in [0.2, 0.25) is 11.8 Å². The minimum Gasteiger partial charge on any atom is -0.481 e. The van der Waals surface area contributed by atoms with E-state index in [0.29, 0.717) is 85.0 Å². The number of aliphatic carboxylic acids is 2. The maximum Gasteiger partial charge on any atom is 0.306 e. The van der Waals surface area contributed by atoms with E-state index in [1.165, 1.54) is 64.7 Å². The van der Waals surface area contributed by atoms with Crippen LogP contribution in [0.1, 0.15) is 195 Å². The fourth-order valence-electron chi connectivity index (χ4n) is 6.60. The zero-order valence-corrected chi connectivity index (χ0v) is 41.9. The summed E-state index contributed by atoms with van der Waals surface area (Å²) >= 11 is 0. The summed E-state index contributed by atoms with van der Waals surface area (Å²) in [5, 5.41) is 31.9. The summed E-state index contributed by atoms with van der Waals surface area (Å²) in [7, 11) is 0. The first-order chi connectivity index (χ1) is 31.8. The lowest BCUT2D eigenvalue weighted by atomic mass is 9.93. The van der Waals surface area contributed by atoms with Crippen molar-refractivity contribution in [2.45, 2.75) is 195 Å². The number of nitrogens with one attached hydrogen (secondary N) is 2. The van der Waals surface area contributed by atoms with Crippen LogP contribution in [0.5, 0.6) is 0 Å². The Kier molecular flexibility index (Phi) is 53.4. The smallest absolute Gasteiger partial charge is 0.306 e. The average molecular weight is 947 g/mol. The highest BCUT2D eigenvalue weighted by Crippen LogP contribution is 2.17. The number of aliphatic hydroxyl groups excluding tert-OH is 1. The summed E-state index contributed by atoms with van der Waals surface area (Å²) in [6.07, 6.45) is 21.7. The maximum absolute atomic E-state index is 12.0. The number of carboxylic acids is 2. The van der Waals surface area contributed by atoms with E-state index >= 15 is 0 Å². The predicted octanol–water partition coefficient (Wildman–Crippen LogP) is 8.21. The van der Waals surface area contributed by atoms with Crippen molar-refractivity contribution in [1.29, 1.82) is 0 Å². The van der Waals surface area contributed by atoms with Crippen LogP contribution in [0.15, 0.2) is 0 Å². The van der Waals surface area contributed by atoms with Crippen molar-refractivity contribution in [3.63, 3.8) is 0 Å². The van der Waals surface area contributed by atoms with Gasteiger partial charge in [0.25, 0.3) is 0 Å². The Morgan fingerprint density at radius 3 is 1.59 bits per heavy atom. The van der Waals surface area contributed by atoms with Gasteiger partial charge in [-0.2, -0.15) is 0 Å². The van der Waals surface area contributed by atoms with Gasteiger partial charge in [-0.15, -0.1) is 0 Å². The van der Waals surface area contributed by atoms with Crippen LogP contribution in [0.3, 0.4) is 0 Å². The number of amides is 2. The first-order valence-electron chi connectivity index (χ1n) is 25.2. The quantitative estimate of drug-likeness (QED) is 0.0362. The lowest BCUT2D eigenvalue weighted by Gasteiger charge is -2.12. The molecule has 0 spiro atoms. The molecule has 0 bridgehead atoms. The van der Waals surface area contributed by atoms with Crippen LogP contribution in [-0.4, -0.2) is 129 Å². The number of ketones is 3. The van der Waals surface area contributed by atoms with Gasteiger partial charge in [0.15, 0.2) is 5.78 Å². The van der Waals surface area contributed by atoms with Crippen molar-refractivity contribution < 1.29 is 67.8 Å². The molecule has 0 rings (SSSR count). The lowest BCUT2D eigenvalue weighted by Crippen LogP contribution is -2.29. The predicted molar refractivity (Wildman–Crippen MR) is 257 cm³/mol. The van der Waals surface area contributed by atoms with Gasteiger partial charge in [0, 0.05) is 71.2 Å². The molecule has 5 N–H and O–H groups in total. The number of carbonyl (C=O) groups is 7. The van der Waals surface area contributed by atoms with Crippen LogP contribution in [0, 0.1) is 11.8 Å². The molecular weight excluding hydrogens is 853 g/mol. The first-order valence-corrected chi connectivity index (χ1v) is 25.2. The fourth-order valence-corrected chi connectivity index (χ4v) is 6.60. The summed E-state index contributed by atoms with van der Waals surface area (Å²) in [5.41, 5.74) is 0. The highest BCUT2D eigenvalue weighted by molar-refractivity contribution is 5.85. The molecule has 0 aliphatic carbocycles.